The molecule has 0 bridgehead atoms. The monoisotopic (exact) mass is 298 g/mol. The van der Waals surface area contributed by atoms with Gasteiger partial charge in [0, 0.05) is 24.4 Å². The van der Waals surface area contributed by atoms with Gasteiger partial charge in [-0.05, 0) is 24.5 Å². The quantitative estimate of drug-likeness (QED) is 0.874. The van der Waals surface area contributed by atoms with E-state index in [1.807, 2.05) is 13.2 Å². The van der Waals surface area contributed by atoms with Gasteiger partial charge >= 0.3 is 0 Å². The molecule has 1 N–H and O–H groups in total. The summed E-state index contributed by atoms with van der Waals surface area (Å²) in [5, 5.41) is 2.61. The first-order valence-electron chi connectivity index (χ1n) is 6.27. The van der Waals surface area contributed by atoms with E-state index in [0.29, 0.717) is 12.1 Å². The van der Waals surface area contributed by atoms with Crippen molar-refractivity contribution in [3.8, 4) is 0 Å². The Morgan fingerprint density at radius 1 is 1.45 bits per heavy atom. The smallest absolute Gasteiger partial charge is 0.239 e. The van der Waals surface area contributed by atoms with E-state index in [0.717, 1.165) is 0 Å². The summed E-state index contributed by atoms with van der Waals surface area (Å²) in [4.78, 5) is 25.1. The van der Waals surface area contributed by atoms with Gasteiger partial charge in [0.1, 0.15) is 12.4 Å². The third-order valence-corrected chi connectivity index (χ3v) is 3.84. The molecule has 0 aromatic heterocycles. The van der Waals surface area contributed by atoms with E-state index in [-0.39, 0.29) is 23.6 Å². The molecule has 1 rings (SSSR count). The third-order valence-electron chi connectivity index (χ3n) is 2.87. The van der Waals surface area contributed by atoms with Crippen molar-refractivity contribution in [2.24, 2.45) is 0 Å². The van der Waals surface area contributed by atoms with Crippen molar-refractivity contribution < 1.29 is 14.0 Å². The predicted molar refractivity (Wildman–Crippen MR) is 80.4 cm³/mol. The first-order valence-corrected chi connectivity index (χ1v) is 7.56. The number of likely N-dealkylation sites (N-methyl/N-ethyl adjacent to an activating group) is 1. The van der Waals surface area contributed by atoms with Gasteiger partial charge in [-0.25, -0.2) is 4.39 Å². The van der Waals surface area contributed by atoms with Crippen LogP contribution in [-0.2, 0) is 9.59 Å². The van der Waals surface area contributed by atoms with Crippen molar-refractivity contribution in [3.05, 3.63) is 30.1 Å². The SMILES string of the molecule is CNC(=O)CN(C(=O)C[C@@H](C)SC)c1cccc(F)c1. The molecule has 0 spiro atoms. The normalized spacial score (nSPS) is 11.8. The molecule has 0 unspecified atom stereocenters. The lowest BCUT2D eigenvalue weighted by atomic mass is 10.2. The van der Waals surface area contributed by atoms with Crippen LogP contribution in [-0.4, -0.2) is 36.9 Å². The summed E-state index contributed by atoms with van der Waals surface area (Å²) in [6.07, 6.45) is 2.22. The molecule has 0 fully saturated rings. The molecule has 4 nitrogen and oxygen atoms in total. The van der Waals surface area contributed by atoms with E-state index in [1.165, 1.54) is 30.1 Å². The van der Waals surface area contributed by atoms with Crippen LogP contribution in [0.3, 0.4) is 0 Å². The van der Waals surface area contributed by atoms with Crippen molar-refractivity contribution >= 4 is 29.3 Å². The molecule has 0 saturated heterocycles. The van der Waals surface area contributed by atoms with E-state index >= 15 is 0 Å². The van der Waals surface area contributed by atoms with E-state index in [2.05, 4.69) is 5.32 Å². The number of hydrogen-bond donors (Lipinski definition) is 1. The van der Waals surface area contributed by atoms with E-state index in [4.69, 9.17) is 0 Å². The minimum Gasteiger partial charge on any atom is -0.358 e. The fourth-order valence-corrected chi connectivity index (χ4v) is 1.94. The van der Waals surface area contributed by atoms with E-state index in [1.54, 1.807) is 17.8 Å². The number of amides is 2. The Bertz CT molecular complexity index is 482. The summed E-state index contributed by atoms with van der Waals surface area (Å²) < 4.78 is 13.3. The zero-order valence-corrected chi connectivity index (χ0v) is 12.7. The van der Waals surface area contributed by atoms with Crippen LogP contribution in [0.1, 0.15) is 13.3 Å². The van der Waals surface area contributed by atoms with Gasteiger partial charge < -0.3 is 10.2 Å². The molecule has 0 heterocycles. The average molecular weight is 298 g/mol. The molecule has 0 radical (unpaired) electrons. The van der Waals surface area contributed by atoms with Crippen LogP contribution < -0.4 is 10.2 Å². The van der Waals surface area contributed by atoms with Crippen molar-refractivity contribution in [1.82, 2.24) is 5.32 Å². The highest BCUT2D eigenvalue weighted by molar-refractivity contribution is 7.99. The zero-order chi connectivity index (χ0) is 15.1. The maximum Gasteiger partial charge on any atom is 0.239 e. The van der Waals surface area contributed by atoms with Crippen LogP contribution in [0.2, 0.25) is 0 Å². The average Bonchev–Trinajstić information content (AvgIpc) is 2.43. The number of thioether (sulfide) groups is 1. The highest BCUT2D eigenvalue weighted by atomic mass is 32.2. The van der Waals surface area contributed by atoms with Gasteiger partial charge in [0.2, 0.25) is 11.8 Å². The van der Waals surface area contributed by atoms with Crippen LogP contribution in [0.25, 0.3) is 0 Å². The van der Waals surface area contributed by atoms with Crippen LogP contribution in [0.15, 0.2) is 24.3 Å². The van der Waals surface area contributed by atoms with Gasteiger partial charge in [-0.1, -0.05) is 13.0 Å². The molecule has 0 saturated carbocycles. The molecule has 20 heavy (non-hydrogen) atoms. The summed E-state index contributed by atoms with van der Waals surface area (Å²) in [7, 11) is 1.50. The molecular formula is C14H19FN2O2S. The lowest BCUT2D eigenvalue weighted by Crippen LogP contribution is -2.40. The number of rotatable bonds is 6. The number of hydrogen-bond acceptors (Lipinski definition) is 3. The summed E-state index contributed by atoms with van der Waals surface area (Å²) in [5.41, 5.74) is 0.395. The van der Waals surface area contributed by atoms with Gasteiger partial charge in [0.05, 0.1) is 0 Å². The standard InChI is InChI=1S/C14H19FN2O2S/c1-10(20-3)7-14(19)17(9-13(18)16-2)12-6-4-5-11(15)8-12/h4-6,8,10H,7,9H2,1-3H3,(H,16,18)/t10-/m1/s1. The van der Waals surface area contributed by atoms with Crippen molar-refractivity contribution in [2.75, 3.05) is 24.7 Å². The topological polar surface area (TPSA) is 49.4 Å². The zero-order valence-electron chi connectivity index (χ0n) is 11.9. The second-order valence-corrected chi connectivity index (χ2v) is 5.66. The van der Waals surface area contributed by atoms with Gasteiger partial charge in [0.15, 0.2) is 0 Å². The summed E-state index contributed by atoms with van der Waals surface area (Å²) in [6, 6.07) is 5.70. The molecule has 6 heteroatoms. The lowest BCUT2D eigenvalue weighted by Gasteiger charge is -2.23. The van der Waals surface area contributed by atoms with Crippen molar-refractivity contribution in [1.29, 1.82) is 0 Å². The van der Waals surface area contributed by atoms with Crippen molar-refractivity contribution in [3.63, 3.8) is 0 Å². The Kier molecular flexibility index (Phi) is 6.51. The van der Waals surface area contributed by atoms with Crippen LogP contribution in [0.4, 0.5) is 10.1 Å². The van der Waals surface area contributed by atoms with E-state index < -0.39 is 5.82 Å². The number of halogens is 1. The molecule has 1 atom stereocenters. The Morgan fingerprint density at radius 3 is 2.70 bits per heavy atom. The molecule has 0 aliphatic heterocycles. The Morgan fingerprint density at radius 2 is 2.15 bits per heavy atom. The minimum atomic E-state index is -0.435. The first-order chi connectivity index (χ1) is 9.47. The number of benzene rings is 1. The fraction of sp³-hybridized carbons (Fsp3) is 0.429. The van der Waals surface area contributed by atoms with Crippen LogP contribution in [0, 0.1) is 5.82 Å². The van der Waals surface area contributed by atoms with Gasteiger partial charge in [-0.2, -0.15) is 11.8 Å². The van der Waals surface area contributed by atoms with Gasteiger partial charge in [0.25, 0.3) is 0 Å². The Labute approximate surface area is 122 Å². The second kappa shape index (κ2) is 7.89. The molecule has 0 aliphatic rings. The maximum absolute atomic E-state index is 13.3. The summed E-state index contributed by atoms with van der Waals surface area (Å²) in [6.45, 7) is 1.83. The Balaban J connectivity index is 2.95. The molecule has 1 aromatic carbocycles. The van der Waals surface area contributed by atoms with Crippen LogP contribution >= 0.6 is 11.8 Å². The Hall–Kier alpha value is -1.56. The molecule has 1 aromatic rings. The minimum absolute atomic E-state index is 0.111. The highest BCUT2D eigenvalue weighted by Gasteiger charge is 2.20. The second-order valence-electron chi connectivity index (χ2n) is 4.38. The van der Waals surface area contributed by atoms with Gasteiger partial charge in [-0.15, -0.1) is 0 Å². The largest absolute Gasteiger partial charge is 0.358 e. The molecule has 110 valence electrons. The molecular weight excluding hydrogens is 279 g/mol. The number of anilines is 1. The molecule has 0 aliphatic carbocycles. The molecule has 2 amide bonds. The van der Waals surface area contributed by atoms with Gasteiger partial charge in [-0.3, -0.25) is 9.59 Å². The fourth-order valence-electron chi connectivity index (χ4n) is 1.63. The maximum atomic E-state index is 13.3. The predicted octanol–water partition coefficient (Wildman–Crippen LogP) is 2.05. The number of carbonyl (C=O) groups excluding carboxylic acids is 2. The summed E-state index contributed by atoms with van der Waals surface area (Å²) >= 11 is 1.57. The number of nitrogens with one attached hydrogen (secondary N) is 1. The lowest BCUT2D eigenvalue weighted by molar-refractivity contribution is -0.123. The summed E-state index contributed by atoms with van der Waals surface area (Å²) in [5.74, 6) is -0.921. The number of nitrogens with zero attached hydrogens (tertiary/aromatic N) is 1. The number of carbonyl (C=O) groups is 2. The first kappa shape index (κ1) is 16.5. The van der Waals surface area contributed by atoms with Crippen LogP contribution in [0.5, 0.6) is 0 Å². The van der Waals surface area contributed by atoms with Crippen molar-refractivity contribution in [2.45, 2.75) is 18.6 Å². The van der Waals surface area contributed by atoms with E-state index in [9.17, 15) is 14.0 Å². The highest BCUT2D eigenvalue weighted by Crippen LogP contribution is 2.19. The third kappa shape index (κ3) is 4.85.